The third-order valence-electron chi connectivity index (χ3n) is 4.10. The lowest BCUT2D eigenvalue weighted by molar-refractivity contribution is 0.0836. The fourth-order valence-electron chi connectivity index (χ4n) is 3.05. The summed E-state index contributed by atoms with van der Waals surface area (Å²) in [5, 5.41) is 0. The van der Waals surface area contributed by atoms with Crippen molar-refractivity contribution in [2.24, 2.45) is 0 Å². The van der Waals surface area contributed by atoms with Crippen LogP contribution < -0.4 is 9.47 Å². The highest BCUT2D eigenvalue weighted by molar-refractivity contribution is 6.00. The van der Waals surface area contributed by atoms with Crippen LogP contribution in [0.2, 0.25) is 0 Å². The fraction of sp³-hybridized carbons (Fsp3) is 0.562. The van der Waals surface area contributed by atoms with Crippen molar-refractivity contribution in [3.63, 3.8) is 0 Å². The number of ketones is 1. The van der Waals surface area contributed by atoms with Crippen LogP contribution in [0.15, 0.2) is 18.2 Å². The largest absolute Gasteiger partial charge is 0.454 e. The number of rotatable bonds is 5. The Balaban J connectivity index is 1.81. The van der Waals surface area contributed by atoms with E-state index in [0.717, 1.165) is 37.2 Å². The van der Waals surface area contributed by atoms with Crippen molar-refractivity contribution in [1.82, 2.24) is 4.90 Å². The smallest absolute Gasteiger partial charge is 0.231 e. The molecule has 108 valence electrons. The number of nitrogens with zero attached hydrogens (tertiary/aromatic N) is 1. The van der Waals surface area contributed by atoms with Crippen LogP contribution in [-0.4, -0.2) is 36.6 Å². The summed E-state index contributed by atoms with van der Waals surface area (Å²) in [6.45, 7) is 4.47. The first-order chi connectivity index (χ1) is 9.79. The first kappa shape index (κ1) is 13.4. The summed E-state index contributed by atoms with van der Waals surface area (Å²) in [5.41, 5.74) is 0.736. The van der Waals surface area contributed by atoms with Gasteiger partial charge in [0.1, 0.15) is 0 Å². The van der Waals surface area contributed by atoms with Crippen molar-refractivity contribution < 1.29 is 14.3 Å². The van der Waals surface area contributed by atoms with Crippen LogP contribution in [0.5, 0.6) is 11.5 Å². The fourth-order valence-corrected chi connectivity index (χ4v) is 3.05. The minimum absolute atomic E-state index is 0.0165. The van der Waals surface area contributed by atoms with Gasteiger partial charge in [0.2, 0.25) is 6.79 Å². The molecule has 3 rings (SSSR count). The summed E-state index contributed by atoms with van der Waals surface area (Å²) in [6, 6.07) is 5.53. The number of hydrogen-bond acceptors (Lipinski definition) is 4. The Labute approximate surface area is 119 Å². The monoisotopic (exact) mass is 275 g/mol. The van der Waals surface area contributed by atoms with Crippen LogP contribution in [0.3, 0.4) is 0 Å². The zero-order chi connectivity index (χ0) is 13.9. The van der Waals surface area contributed by atoms with Crippen molar-refractivity contribution in [1.29, 1.82) is 0 Å². The van der Waals surface area contributed by atoms with Crippen molar-refractivity contribution >= 4 is 5.78 Å². The van der Waals surface area contributed by atoms with E-state index in [1.165, 1.54) is 12.8 Å². The molecule has 1 aromatic carbocycles. The number of carbonyl (C=O) groups excluding carboxylic acids is 1. The average molecular weight is 275 g/mol. The van der Waals surface area contributed by atoms with Crippen LogP contribution in [0, 0.1) is 0 Å². The molecule has 2 heterocycles. The highest BCUT2D eigenvalue weighted by atomic mass is 16.7. The van der Waals surface area contributed by atoms with Crippen LogP contribution >= 0.6 is 0 Å². The number of fused-ring (bicyclic) bond motifs is 1. The Morgan fingerprint density at radius 1 is 1.25 bits per heavy atom. The molecule has 1 aromatic rings. The van der Waals surface area contributed by atoms with E-state index in [1.807, 2.05) is 18.2 Å². The topological polar surface area (TPSA) is 38.8 Å². The Morgan fingerprint density at radius 3 is 2.75 bits per heavy atom. The van der Waals surface area contributed by atoms with E-state index in [2.05, 4.69) is 11.8 Å². The molecule has 2 aliphatic heterocycles. The summed E-state index contributed by atoms with van der Waals surface area (Å²) in [4.78, 5) is 15.1. The number of hydrogen-bond donors (Lipinski definition) is 0. The van der Waals surface area contributed by atoms with E-state index in [1.54, 1.807) is 0 Å². The highest BCUT2D eigenvalue weighted by Crippen LogP contribution is 2.33. The van der Waals surface area contributed by atoms with Gasteiger partial charge in [0.15, 0.2) is 17.3 Å². The van der Waals surface area contributed by atoms with Gasteiger partial charge in [-0.05, 0) is 50.6 Å². The van der Waals surface area contributed by atoms with Gasteiger partial charge in [0.05, 0.1) is 6.04 Å². The molecule has 0 bridgehead atoms. The predicted molar refractivity (Wildman–Crippen MR) is 76.4 cm³/mol. The Kier molecular flexibility index (Phi) is 3.92. The Hall–Kier alpha value is -1.55. The number of carbonyl (C=O) groups is 1. The molecule has 20 heavy (non-hydrogen) atoms. The Bertz CT molecular complexity index is 494. The van der Waals surface area contributed by atoms with Gasteiger partial charge in [-0.2, -0.15) is 0 Å². The first-order valence-electron chi connectivity index (χ1n) is 7.47. The molecule has 0 aromatic heterocycles. The van der Waals surface area contributed by atoms with Crippen molar-refractivity contribution in [3.05, 3.63) is 23.8 Å². The molecular weight excluding hydrogens is 254 g/mol. The van der Waals surface area contributed by atoms with E-state index in [0.29, 0.717) is 5.75 Å². The van der Waals surface area contributed by atoms with E-state index < -0.39 is 0 Å². The summed E-state index contributed by atoms with van der Waals surface area (Å²) in [6.07, 6.45) is 4.36. The molecular formula is C16H21NO3. The normalized spacial score (nSPS) is 19.2. The maximum atomic E-state index is 12.8. The second-order valence-electron chi connectivity index (χ2n) is 5.48. The number of benzene rings is 1. The number of likely N-dealkylation sites (tertiary alicyclic amines) is 1. The number of ether oxygens (including phenoxy) is 2. The molecule has 1 fully saturated rings. The molecule has 1 atom stereocenters. The van der Waals surface area contributed by atoms with Crippen LogP contribution in [0.25, 0.3) is 0 Å². The van der Waals surface area contributed by atoms with E-state index in [9.17, 15) is 4.79 Å². The lowest BCUT2D eigenvalue weighted by Crippen LogP contribution is -2.39. The maximum Gasteiger partial charge on any atom is 0.231 e. The predicted octanol–water partition coefficient (Wildman–Crippen LogP) is 2.86. The highest BCUT2D eigenvalue weighted by Gasteiger charge is 2.29. The summed E-state index contributed by atoms with van der Waals surface area (Å²) in [7, 11) is 0. The average Bonchev–Trinajstić information content (AvgIpc) is 3.13. The van der Waals surface area contributed by atoms with Gasteiger partial charge in [-0.1, -0.05) is 13.3 Å². The Morgan fingerprint density at radius 2 is 2.00 bits per heavy atom. The van der Waals surface area contributed by atoms with Gasteiger partial charge >= 0.3 is 0 Å². The summed E-state index contributed by atoms with van der Waals surface area (Å²) < 4.78 is 10.7. The molecule has 0 unspecified atom stereocenters. The van der Waals surface area contributed by atoms with Gasteiger partial charge in [0.25, 0.3) is 0 Å². The summed E-state index contributed by atoms with van der Waals surface area (Å²) >= 11 is 0. The van der Waals surface area contributed by atoms with Gasteiger partial charge in [0, 0.05) is 5.56 Å². The SMILES string of the molecule is CCC[C@H](C(=O)c1ccc2c(c1)OCO2)N1CCCC1. The standard InChI is InChI=1S/C16H21NO3/c1-2-5-13(17-8-3-4-9-17)16(18)12-6-7-14-15(10-12)20-11-19-14/h6-7,10,13H,2-5,8-9,11H2,1H3/t13-/m1/s1. The van der Waals surface area contributed by atoms with E-state index in [-0.39, 0.29) is 18.6 Å². The van der Waals surface area contributed by atoms with Crippen LogP contribution in [0.1, 0.15) is 43.0 Å². The van der Waals surface area contributed by atoms with Gasteiger partial charge < -0.3 is 9.47 Å². The van der Waals surface area contributed by atoms with Crippen molar-refractivity contribution in [3.8, 4) is 11.5 Å². The molecule has 1 saturated heterocycles. The molecule has 0 saturated carbocycles. The minimum atomic E-state index is 0.0165. The van der Waals surface area contributed by atoms with E-state index in [4.69, 9.17) is 9.47 Å². The first-order valence-corrected chi connectivity index (χ1v) is 7.47. The van der Waals surface area contributed by atoms with Gasteiger partial charge in [-0.3, -0.25) is 9.69 Å². The zero-order valence-corrected chi connectivity index (χ0v) is 11.9. The van der Waals surface area contributed by atoms with Crippen LogP contribution in [-0.2, 0) is 0 Å². The second kappa shape index (κ2) is 5.83. The second-order valence-corrected chi connectivity index (χ2v) is 5.48. The zero-order valence-electron chi connectivity index (χ0n) is 11.9. The molecule has 0 radical (unpaired) electrons. The lowest BCUT2D eigenvalue weighted by Gasteiger charge is -2.26. The van der Waals surface area contributed by atoms with Crippen LogP contribution in [0.4, 0.5) is 0 Å². The van der Waals surface area contributed by atoms with Crippen molar-refractivity contribution in [2.75, 3.05) is 19.9 Å². The quantitative estimate of drug-likeness (QED) is 0.775. The molecule has 0 aliphatic carbocycles. The molecule has 0 spiro atoms. The van der Waals surface area contributed by atoms with Crippen molar-refractivity contribution in [2.45, 2.75) is 38.6 Å². The molecule has 0 N–H and O–H groups in total. The third-order valence-corrected chi connectivity index (χ3v) is 4.10. The molecule has 2 aliphatic rings. The van der Waals surface area contributed by atoms with E-state index >= 15 is 0 Å². The van der Waals surface area contributed by atoms with Gasteiger partial charge in [-0.15, -0.1) is 0 Å². The third kappa shape index (κ3) is 2.52. The summed E-state index contributed by atoms with van der Waals surface area (Å²) in [5.74, 6) is 1.63. The van der Waals surface area contributed by atoms with Gasteiger partial charge in [-0.25, -0.2) is 0 Å². The lowest BCUT2D eigenvalue weighted by atomic mass is 9.99. The minimum Gasteiger partial charge on any atom is -0.454 e. The molecule has 4 nitrogen and oxygen atoms in total. The maximum absolute atomic E-state index is 12.8. The number of Topliss-reactive ketones (excluding diaryl/α,β-unsaturated/α-hetero) is 1. The molecule has 0 amide bonds. The molecule has 4 heteroatoms.